The van der Waals surface area contributed by atoms with Crippen LogP contribution >= 0.6 is 0 Å². The number of hydrogen-bond acceptors (Lipinski definition) is 6. The molecule has 2 fully saturated rings. The number of carbonyl (C=O) groups excluding carboxylic acids is 1. The first-order valence-corrected chi connectivity index (χ1v) is 11.9. The van der Waals surface area contributed by atoms with Crippen molar-refractivity contribution in [3.63, 3.8) is 0 Å². The van der Waals surface area contributed by atoms with Crippen molar-refractivity contribution in [3.05, 3.63) is 17.0 Å². The molecule has 1 aromatic heterocycles. The van der Waals surface area contributed by atoms with Gasteiger partial charge in [0.25, 0.3) is 0 Å². The second kappa shape index (κ2) is 8.92. The molecule has 0 N–H and O–H groups in total. The zero-order valence-electron chi connectivity index (χ0n) is 17.0. The number of carbonyl (C=O) groups is 1. The topological polar surface area (TPSA) is 93.0 Å². The molecule has 28 heavy (non-hydrogen) atoms. The highest BCUT2D eigenvalue weighted by Gasteiger charge is 2.29. The fourth-order valence-corrected chi connectivity index (χ4v) is 4.94. The Bertz CT molecular complexity index is 756. The Morgan fingerprint density at radius 2 is 1.68 bits per heavy atom. The van der Waals surface area contributed by atoms with Crippen molar-refractivity contribution in [3.8, 4) is 0 Å². The van der Waals surface area contributed by atoms with Crippen LogP contribution < -0.4 is 0 Å². The van der Waals surface area contributed by atoms with Gasteiger partial charge in [-0.2, -0.15) is 0 Å². The van der Waals surface area contributed by atoms with E-state index in [2.05, 4.69) is 5.16 Å². The predicted molar refractivity (Wildman–Crippen MR) is 104 cm³/mol. The number of ether oxygens (including phenoxy) is 1. The van der Waals surface area contributed by atoms with Gasteiger partial charge in [0.05, 0.1) is 24.2 Å². The summed E-state index contributed by atoms with van der Waals surface area (Å²) in [4.78, 5) is 14.4. The molecule has 158 valence electrons. The summed E-state index contributed by atoms with van der Waals surface area (Å²) in [6.45, 7) is 6.27. The van der Waals surface area contributed by atoms with Gasteiger partial charge in [0.1, 0.15) is 5.76 Å². The lowest BCUT2D eigenvalue weighted by Gasteiger charge is -2.36. The molecular formula is C19H31N3O5S. The van der Waals surface area contributed by atoms with Crippen LogP contribution in [0, 0.1) is 13.8 Å². The molecule has 0 radical (unpaired) electrons. The molecule has 0 aromatic carbocycles. The largest absolute Gasteiger partial charge is 0.375 e. The molecule has 2 aliphatic rings. The fraction of sp³-hybridized carbons (Fsp3) is 0.789. The molecule has 0 atom stereocenters. The summed E-state index contributed by atoms with van der Waals surface area (Å²) in [5.41, 5.74) is 1.89. The number of nitrogens with zero attached hydrogens (tertiary/aromatic N) is 3. The molecule has 3 heterocycles. The van der Waals surface area contributed by atoms with E-state index in [-0.39, 0.29) is 18.1 Å². The average Bonchev–Trinajstić information content (AvgIpc) is 2.98. The van der Waals surface area contributed by atoms with E-state index in [1.807, 2.05) is 18.7 Å². The normalized spacial score (nSPS) is 20.6. The van der Waals surface area contributed by atoms with Crippen molar-refractivity contribution < 1.29 is 22.5 Å². The van der Waals surface area contributed by atoms with Gasteiger partial charge in [-0.1, -0.05) is 5.16 Å². The molecule has 1 aromatic rings. The molecule has 9 heteroatoms. The van der Waals surface area contributed by atoms with Crippen LogP contribution in [-0.2, 0) is 26.0 Å². The molecule has 0 spiro atoms. The summed E-state index contributed by atoms with van der Waals surface area (Å²) in [7, 11) is -3.10. The van der Waals surface area contributed by atoms with Gasteiger partial charge in [-0.3, -0.25) is 4.79 Å². The molecule has 3 rings (SSSR count). The van der Waals surface area contributed by atoms with Gasteiger partial charge in [0, 0.05) is 38.2 Å². The minimum Gasteiger partial charge on any atom is -0.375 e. The highest BCUT2D eigenvalue weighted by Crippen LogP contribution is 2.23. The molecular weight excluding hydrogens is 382 g/mol. The maximum atomic E-state index is 12.5. The highest BCUT2D eigenvalue weighted by molar-refractivity contribution is 7.88. The minimum absolute atomic E-state index is 0.116. The zero-order chi connectivity index (χ0) is 20.3. The summed E-state index contributed by atoms with van der Waals surface area (Å²) >= 11 is 0. The summed E-state index contributed by atoms with van der Waals surface area (Å²) in [5.74, 6) is 0.958. The number of hydrogen-bond donors (Lipinski definition) is 0. The summed E-state index contributed by atoms with van der Waals surface area (Å²) in [6, 6.07) is 0. The van der Waals surface area contributed by atoms with Gasteiger partial charge in [-0.25, -0.2) is 12.7 Å². The van der Waals surface area contributed by atoms with Crippen molar-refractivity contribution in [1.29, 1.82) is 0 Å². The number of aryl methyl sites for hydroxylation is 2. The predicted octanol–water partition coefficient (Wildman–Crippen LogP) is 1.66. The summed E-state index contributed by atoms with van der Waals surface area (Å²) in [6.07, 6.45) is 5.81. The van der Waals surface area contributed by atoms with Crippen LogP contribution in [0.25, 0.3) is 0 Å². The van der Waals surface area contributed by atoms with Crippen molar-refractivity contribution in [2.24, 2.45) is 0 Å². The number of likely N-dealkylation sites (tertiary alicyclic amines) is 1. The van der Waals surface area contributed by atoms with Crippen LogP contribution in [0.4, 0.5) is 0 Å². The first kappa shape index (κ1) is 21.3. The minimum atomic E-state index is -3.10. The van der Waals surface area contributed by atoms with Crippen molar-refractivity contribution in [2.75, 3.05) is 32.4 Å². The molecule has 2 aliphatic heterocycles. The van der Waals surface area contributed by atoms with Gasteiger partial charge >= 0.3 is 0 Å². The zero-order valence-corrected chi connectivity index (χ0v) is 17.8. The third kappa shape index (κ3) is 5.33. The Balaban J connectivity index is 1.38. The van der Waals surface area contributed by atoms with Gasteiger partial charge in [-0.05, 0) is 46.0 Å². The molecule has 0 bridgehead atoms. The second-order valence-corrected chi connectivity index (χ2v) is 9.86. The summed E-state index contributed by atoms with van der Waals surface area (Å²) < 4.78 is 36.0. The quantitative estimate of drug-likeness (QED) is 0.704. The maximum absolute atomic E-state index is 12.5. The number of amides is 1. The number of aromatic nitrogens is 1. The summed E-state index contributed by atoms with van der Waals surface area (Å²) in [5, 5.41) is 3.94. The molecule has 0 saturated carbocycles. The van der Waals surface area contributed by atoms with Crippen LogP contribution in [0.5, 0.6) is 0 Å². The monoisotopic (exact) mass is 413 g/mol. The Hall–Kier alpha value is -1.45. The van der Waals surface area contributed by atoms with Crippen LogP contribution in [0.3, 0.4) is 0 Å². The third-order valence-electron chi connectivity index (χ3n) is 5.82. The Labute approximate surface area is 167 Å². The first-order valence-electron chi connectivity index (χ1n) is 10.0. The standard InChI is InChI=1S/C19H31N3O5S/c1-14-18(15(2)27-20-14)4-5-19(23)21-10-6-16(7-11-21)26-17-8-12-22(13-9-17)28(3,24)25/h16-17H,4-13H2,1-3H3. The van der Waals surface area contributed by atoms with Crippen molar-refractivity contribution >= 4 is 15.9 Å². The van der Waals surface area contributed by atoms with Gasteiger partial charge < -0.3 is 14.2 Å². The Kier molecular flexibility index (Phi) is 6.77. The second-order valence-electron chi connectivity index (χ2n) is 7.88. The van der Waals surface area contributed by atoms with Crippen molar-refractivity contribution in [1.82, 2.24) is 14.4 Å². The molecule has 0 unspecified atom stereocenters. The molecule has 8 nitrogen and oxygen atoms in total. The van der Waals surface area contributed by atoms with E-state index in [9.17, 15) is 13.2 Å². The third-order valence-corrected chi connectivity index (χ3v) is 7.12. The molecule has 2 saturated heterocycles. The van der Waals surface area contributed by atoms with Gasteiger partial charge in [-0.15, -0.1) is 0 Å². The lowest BCUT2D eigenvalue weighted by atomic mass is 10.0. The number of piperidine rings is 2. The number of sulfonamides is 1. The Morgan fingerprint density at radius 3 is 2.18 bits per heavy atom. The molecule has 0 aliphatic carbocycles. The highest BCUT2D eigenvalue weighted by atomic mass is 32.2. The van der Waals surface area contributed by atoms with E-state index in [0.29, 0.717) is 39.0 Å². The Morgan fingerprint density at radius 1 is 1.11 bits per heavy atom. The fourth-order valence-electron chi connectivity index (χ4n) is 4.06. The van der Waals surface area contributed by atoms with Crippen LogP contribution in [0.1, 0.15) is 49.1 Å². The lowest BCUT2D eigenvalue weighted by molar-refractivity contribution is -0.135. The van der Waals surface area contributed by atoms with E-state index in [1.165, 1.54) is 10.6 Å². The van der Waals surface area contributed by atoms with E-state index in [4.69, 9.17) is 9.26 Å². The first-order chi connectivity index (χ1) is 13.2. The maximum Gasteiger partial charge on any atom is 0.222 e. The van der Waals surface area contributed by atoms with Crippen LogP contribution in [0.2, 0.25) is 0 Å². The van der Waals surface area contributed by atoms with Crippen LogP contribution in [-0.4, -0.2) is 73.3 Å². The van der Waals surface area contributed by atoms with E-state index in [1.54, 1.807) is 0 Å². The van der Waals surface area contributed by atoms with E-state index in [0.717, 1.165) is 42.7 Å². The number of rotatable bonds is 6. The molecule has 1 amide bonds. The SMILES string of the molecule is Cc1noc(C)c1CCC(=O)N1CCC(OC2CCN(S(C)(=O)=O)CC2)CC1. The lowest BCUT2D eigenvalue weighted by Crippen LogP contribution is -2.44. The smallest absolute Gasteiger partial charge is 0.222 e. The van der Waals surface area contributed by atoms with Gasteiger partial charge in [0.15, 0.2) is 0 Å². The van der Waals surface area contributed by atoms with E-state index < -0.39 is 10.0 Å². The van der Waals surface area contributed by atoms with Crippen LogP contribution in [0.15, 0.2) is 4.52 Å². The van der Waals surface area contributed by atoms with Crippen molar-refractivity contribution in [2.45, 2.75) is 64.6 Å². The van der Waals surface area contributed by atoms with Gasteiger partial charge in [0.2, 0.25) is 15.9 Å². The van der Waals surface area contributed by atoms with E-state index >= 15 is 0 Å². The average molecular weight is 414 g/mol.